The topological polar surface area (TPSA) is 126 Å². The summed E-state index contributed by atoms with van der Waals surface area (Å²) in [5.41, 5.74) is 4.77. The molecule has 2 rings (SSSR count). The highest BCUT2D eigenvalue weighted by atomic mass is 35.5. The van der Waals surface area contributed by atoms with Crippen LogP contribution in [0.1, 0.15) is 25.0 Å². The first-order chi connectivity index (χ1) is 12.1. The van der Waals surface area contributed by atoms with Gasteiger partial charge in [-0.15, -0.1) is 0 Å². The summed E-state index contributed by atoms with van der Waals surface area (Å²) in [7, 11) is 0. The Morgan fingerprint density at radius 1 is 1.46 bits per heavy atom. The Morgan fingerprint density at radius 2 is 2.08 bits per heavy atom. The third-order valence-corrected chi connectivity index (χ3v) is 4.45. The zero-order valence-corrected chi connectivity index (χ0v) is 15.1. The normalized spacial score (nSPS) is 20.4. The molecule has 1 aromatic rings. The summed E-state index contributed by atoms with van der Waals surface area (Å²) >= 11 is 6.08. The van der Waals surface area contributed by atoms with Gasteiger partial charge in [0.15, 0.2) is 11.6 Å². The van der Waals surface area contributed by atoms with Crippen LogP contribution in [0.2, 0.25) is 5.02 Å². The first-order valence-corrected chi connectivity index (χ1v) is 8.16. The van der Waals surface area contributed by atoms with Crippen LogP contribution in [0.25, 0.3) is 0 Å². The number of hydrogen-bond acceptors (Lipinski definition) is 5. The first-order valence-electron chi connectivity index (χ1n) is 7.78. The van der Waals surface area contributed by atoms with E-state index < -0.39 is 23.6 Å². The van der Waals surface area contributed by atoms with Crippen LogP contribution in [-0.4, -0.2) is 53.0 Å². The predicted octanol–water partition coefficient (Wildman–Crippen LogP) is 2.10. The standard InChI is InChI=1S/C16H21ClFN3O5/c1-15(2)25-7-16(8-26-15,20-14(22)23)12(18)6-9-3-4-10(11(17)5-9)13(19)21-24/h3-5,12,20,24H,6-8H2,1-2H3,(H2,19,21)(H,22,23). The van der Waals surface area contributed by atoms with Crippen LogP contribution < -0.4 is 11.1 Å². The summed E-state index contributed by atoms with van der Waals surface area (Å²) in [4.78, 5) is 11.1. The number of nitrogens with zero attached hydrogens (tertiary/aromatic N) is 1. The van der Waals surface area contributed by atoms with Gasteiger partial charge in [0.05, 0.1) is 18.2 Å². The van der Waals surface area contributed by atoms with Gasteiger partial charge in [-0.25, -0.2) is 9.18 Å². The third kappa shape index (κ3) is 4.54. The third-order valence-electron chi connectivity index (χ3n) is 4.14. The van der Waals surface area contributed by atoms with Crippen LogP contribution in [-0.2, 0) is 15.9 Å². The van der Waals surface area contributed by atoms with Gasteiger partial charge in [0.25, 0.3) is 0 Å². The molecule has 0 saturated carbocycles. The molecule has 10 heteroatoms. The number of amidine groups is 1. The van der Waals surface area contributed by atoms with Crippen LogP contribution >= 0.6 is 11.6 Å². The molecule has 1 aliphatic heterocycles. The zero-order valence-electron chi connectivity index (χ0n) is 14.3. The summed E-state index contributed by atoms with van der Waals surface area (Å²) in [5, 5.41) is 23.0. The SMILES string of the molecule is CC1(C)OCC(NC(=O)O)(C(F)Cc2ccc(C(N)=NO)c(Cl)c2)CO1. The lowest BCUT2D eigenvalue weighted by atomic mass is 9.89. The van der Waals surface area contributed by atoms with Gasteiger partial charge in [-0.05, 0) is 31.5 Å². The highest BCUT2D eigenvalue weighted by Gasteiger charge is 2.47. The minimum absolute atomic E-state index is 0.135. The van der Waals surface area contributed by atoms with Gasteiger partial charge in [0, 0.05) is 12.0 Å². The van der Waals surface area contributed by atoms with E-state index in [0.717, 1.165) is 0 Å². The van der Waals surface area contributed by atoms with Crippen molar-refractivity contribution in [3.8, 4) is 0 Å². The highest BCUT2D eigenvalue weighted by Crippen LogP contribution is 2.30. The van der Waals surface area contributed by atoms with Gasteiger partial charge in [0.2, 0.25) is 0 Å². The van der Waals surface area contributed by atoms with Crippen molar-refractivity contribution in [2.24, 2.45) is 10.9 Å². The molecular formula is C16H21ClFN3O5. The number of rotatable bonds is 5. The first kappa shape index (κ1) is 20.2. The second kappa shape index (κ2) is 7.65. The van der Waals surface area contributed by atoms with E-state index in [4.69, 9.17) is 37.1 Å². The van der Waals surface area contributed by atoms with Crippen molar-refractivity contribution in [1.82, 2.24) is 5.32 Å². The lowest BCUT2D eigenvalue weighted by molar-refractivity contribution is -0.277. The fourth-order valence-electron chi connectivity index (χ4n) is 2.58. The summed E-state index contributed by atoms with van der Waals surface area (Å²) in [5.74, 6) is -1.09. The molecule has 1 aliphatic rings. The maximum absolute atomic E-state index is 15.1. The molecular weight excluding hydrogens is 369 g/mol. The molecule has 0 aliphatic carbocycles. The van der Waals surface area contributed by atoms with Crippen LogP contribution in [0.5, 0.6) is 0 Å². The van der Waals surface area contributed by atoms with Crippen molar-refractivity contribution in [3.63, 3.8) is 0 Å². The lowest BCUT2D eigenvalue weighted by Crippen LogP contribution is -2.66. The summed E-state index contributed by atoms with van der Waals surface area (Å²) < 4.78 is 26.0. The molecule has 1 amide bonds. The van der Waals surface area contributed by atoms with Crippen molar-refractivity contribution in [2.45, 2.75) is 37.8 Å². The van der Waals surface area contributed by atoms with E-state index in [9.17, 15) is 4.79 Å². The van der Waals surface area contributed by atoms with E-state index in [1.54, 1.807) is 19.9 Å². The van der Waals surface area contributed by atoms with Crippen molar-refractivity contribution < 1.29 is 29.0 Å². The van der Waals surface area contributed by atoms with Gasteiger partial charge >= 0.3 is 6.09 Å². The Balaban J connectivity index is 2.21. The number of nitrogens with two attached hydrogens (primary N) is 1. The molecule has 1 unspecified atom stereocenters. The molecule has 0 aromatic heterocycles. The number of halogens is 2. The molecule has 1 aromatic carbocycles. The number of carbonyl (C=O) groups is 1. The smallest absolute Gasteiger partial charge is 0.405 e. The van der Waals surface area contributed by atoms with Gasteiger partial charge in [-0.3, -0.25) is 0 Å². The van der Waals surface area contributed by atoms with E-state index in [-0.39, 0.29) is 30.5 Å². The zero-order chi connectivity index (χ0) is 19.5. The molecule has 1 fully saturated rings. The fraction of sp³-hybridized carbons (Fsp3) is 0.500. The molecule has 144 valence electrons. The Bertz CT molecular complexity index is 703. The van der Waals surface area contributed by atoms with Crippen LogP contribution in [0.3, 0.4) is 0 Å². The maximum atomic E-state index is 15.1. The van der Waals surface area contributed by atoms with Crippen LogP contribution in [0, 0.1) is 0 Å². The number of hydrogen-bond donors (Lipinski definition) is 4. The van der Waals surface area contributed by atoms with E-state index in [2.05, 4.69) is 10.5 Å². The fourth-order valence-corrected chi connectivity index (χ4v) is 2.88. The second-order valence-corrected chi connectivity index (χ2v) is 6.94. The minimum Gasteiger partial charge on any atom is -0.465 e. The van der Waals surface area contributed by atoms with Crippen molar-refractivity contribution in [1.29, 1.82) is 0 Å². The van der Waals surface area contributed by atoms with E-state index in [0.29, 0.717) is 11.1 Å². The summed E-state index contributed by atoms with van der Waals surface area (Å²) in [6.45, 7) is 2.97. The van der Waals surface area contributed by atoms with Gasteiger partial charge in [0.1, 0.15) is 11.7 Å². The molecule has 8 nitrogen and oxygen atoms in total. The Kier molecular flexibility index (Phi) is 5.94. The number of ether oxygens (including phenoxy) is 2. The molecule has 1 atom stereocenters. The number of amides is 1. The molecule has 5 N–H and O–H groups in total. The monoisotopic (exact) mass is 389 g/mol. The average molecular weight is 390 g/mol. The van der Waals surface area contributed by atoms with Crippen molar-refractivity contribution >= 4 is 23.5 Å². The van der Waals surface area contributed by atoms with Gasteiger partial charge in [-0.2, -0.15) is 0 Å². The van der Waals surface area contributed by atoms with Crippen LogP contribution in [0.4, 0.5) is 9.18 Å². The Hall–Kier alpha value is -2.10. The number of nitrogens with one attached hydrogen (secondary N) is 1. The van der Waals surface area contributed by atoms with Crippen molar-refractivity contribution in [2.75, 3.05) is 13.2 Å². The van der Waals surface area contributed by atoms with E-state index in [1.807, 2.05) is 0 Å². The number of oxime groups is 1. The molecule has 1 heterocycles. The molecule has 0 spiro atoms. The van der Waals surface area contributed by atoms with Gasteiger partial charge < -0.3 is 30.8 Å². The second-order valence-electron chi connectivity index (χ2n) is 6.53. The van der Waals surface area contributed by atoms with Crippen LogP contribution in [0.15, 0.2) is 23.4 Å². The van der Waals surface area contributed by atoms with E-state index >= 15 is 4.39 Å². The minimum atomic E-state index is -1.64. The average Bonchev–Trinajstić information content (AvgIpc) is 2.56. The lowest BCUT2D eigenvalue weighted by Gasteiger charge is -2.44. The highest BCUT2D eigenvalue weighted by molar-refractivity contribution is 6.34. The predicted molar refractivity (Wildman–Crippen MR) is 92.4 cm³/mol. The number of alkyl halides is 1. The largest absolute Gasteiger partial charge is 0.465 e. The summed E-state index contributed by atoms with van der Waals surface area (Å²) in [6, 6.07) is 4.53. The molecule has 0 radical (unpaired) electrons. The van der Waals surface area contributed by atoms with E-state index in [1.165, 1.54) is 12.1 Å². The number of carboxylic acid groups (broad SMARTS) is 1. The maximum Gasteiger partial charge on any atom is 0.405 e. The number of benzene rings is 1. The molecule has 0 bridgehead atoms. The Labute approximate surface area is 154 Å². The Morgan fingerprint density at radius 3 is 2.58 bits per heavy atom. The molecule has 26 heavy (non-hydrogen) atoms. The van der Waals surface area contributed by atoms with Gasteiger partial charge in [-0.1, -0.05) is 22.8 Å². The molecule has 1 saturated heterocycles. The summed E-state index contributed by atoms with van der Waals surface area (Å²) in [6.07, 6.45) is -3.15. The van der Waals surface area contributed by atoms with Crippen molar-refractivity contribution in [3.05, 3.63) is 34.3 Å². The quantitative estimate of drug-likeness (QED) is 0.264.